The molecule has 1 aromatic heterocycles. The van der Waals surface area contributed by atoms with E-state index in [0.717, 1.165) is 17.9 Å². The molecule has 0 bridgehead atoms. The van der Waals surface area contributed by atoms with Crippen LogP contribution in [-0.4, -0.2) is 36.5 Å². The van der Waals surface area contributed by atoms with Gasteiger partial charge in [-0.1, -0.05) is 12.1 Å². The van der Waals surface area contributed by atoms with Crippen molar-refractivity contribution < 1.29 is 19.0 Å². The smallest absolute Gasteiger partial charge is 0.335 e. The van der Waals surface area contributed by atoms with Crippen LogP contribution in [-0.2, 0) is 27.2 Å². The number of benzene rings is 1. The van der Waals surface area contributed by atoms with Crippen LogP contribution in [0, 0.1) is 13.8 Å². The van der Waals surface area contributed by atoms with Gasteiger partial charge in [-0.05, 0) is 57.0 Å². The van der Waals surface area contributed by atoms with Gasteiger partial charge in [0.05, 0.1) is 13.2 Å². The van der Waals surface area contributed by atoms with Crippen molar-refractivity contribution in [3.05, 3.63) is 53.3 Å². The molecule has 0 spiro atoms. The molecule has 142 valence electrons. The Morgan fingerprint density at radius 3 is 2.42 bits per heavy atom. The zero-order chi connectivity index (χ0) is 18.9. The summed E-state index contributed by atoms with van der Waals surface area (Å²) in [7, 11) is 0. The van der Waals surface area contributed by atoms with E-state index in [1.165, 1.54) is 11.3 Å². The summed E-state index contributed by atoms with van der Waals surface area (Å²) in [6.07, 6.45) is 2.06. The van der Waals surface area contributed by atoms with Gasteiger partial charge in [0.15, 0.2) is 6.10 Å². The Morgan fingerprint density at radius 2 is 1.85 bits per heavy atom. The number of carbonyl (C=O) groups is 1. The van der Waals surface area contributed by atoms with E-state index < -0.39 is 6.10 Å². The fourth-order valence-electron chi connectivity index (χ4n) is 2.88. The van der Waals surface area contributed by atoms with Crippen LogP contribution in [0.3, 0.4) is 0 Å². The largest absolute Gasteiger partial charge is 0.492 e. The first-order valence-electron chi connectivity index (χ1n) is 9.16. The third-order valence-corrected chi connectivity index (χ3v) is 4.11. The summed E-state index contributed by atoms with van der Waals surface area (Å²) in [5.74, 6) is 0.506. The maximum Gasteiger partial charge on any atom is 0.335 e. The van der Waals surface area contributed by atoms with E-state index in [-0.39, 0.29) is 5.97 Å². The molecule has 0 radical (unpaired) electrons. The van der Waals surface area contributed by atoms with Crippen LogP contribution in [0.1, 0.15) is 30.7 Å². The zero-order valence-electron chi connectivity index (χ0n) is 16.2. The fraction of sp³-hybridized carbons (Fsp3) is 0.476. The van der Waals surface area contributed by atoms with Gasteiger partial charge in [0.1, 0.15) is 12.4 Å². The van der Waals surface area contributed by atoms with E-state index in [9.17, 15) is 4.79 Å². The summed E-state index contributed by atoms with van der Waals surface area (Å²) in [5.41, 5.74) is 3.51. The van der Waals surface area contributed by atoms with E-state index in [1.807, 2.05) is 31.2 Å². The van der Waals surface area contributed by atoms with Crippen molar-refractivity contribution >= 4 is 5.97 Å². The van der Waals surface area contributed by atoms with Gasteiger partial charge in [-0.15, -0.1) is 0 Å². The molecule has 0 aliphatic rings. The number of carbonyl (C=O) groups excluding carboxylic acids is 1. The molecule has 5 nitrogen and oxygen atoms in total. The van der Waals surface area contributed by atoms with Crippen molar-refractivity contribution in [2.24, 2.45) is 0 Å². The normalized spacial score (nSPS) is 12.0. The van der Waals surface area contributed by atoms with Crippen LogP contribution in [0.4, 0.5) is 0 Å². The molecule has 5 heteroatoms. The number of nitrogens with zero attached hydrogens (tertiary/aromatic N) is 1. The first-order chi connectivity index (χ1) is 12.5. The monoisotopic (exact) mass is 359 g/mol. The molecule has 0 saturated carbocycles. The number of rotatable bonds is 10. The van der Waals surface area contributed by atoms with E-state index >= 15 is 0 Å². The third kappa shape index (κ3) is 5.92. The second kappa shape index (κ2) is 10.0. The summed E-state index contributed by atoms with van der Waals surface area (Å²) >= 11 is 0. The minimum absolute atomic E-state index is 0.313. The van der Waals surface area contributed by atoms with Crippen LogP contribution in [0.25, 0.3) is 0 Å². The molecule has 2 rings (SSSR count). The topological polar surface area (TPSA) is 49.7 Å². The van der Waals surface area contributed by atoms with Gasteiger partial charge >= 0.3 is 5.97 Å². The summed E-state index contributed by atoms with van der Waals surface area (Å²) in [5, 5.41) is 0. The van der Waals surface area contributed by atoms with Gasteiger partial charge in [0.2, 0.25) is 0 Å². The molecular formula is C21H29NO4. The number of hydrogen-bond donors (Lipinski definition) is 0. The highest BCUT2D eigenvalue weighted by molar-refractivity contribution is 5.75. The second-order valence-electron chi connectivity index (χ2n) is 6.24. The van der Waals surface area contributed by atoms with Crippen LogP contribution < -0.4 is 4.74 Å². The first-order valence-corrected chi connectivity index (χ1v) is 9.16. The molecule has 0 fully saturated rings. The minimum atomic E-state index is -0.563. The van der Waals surface area contributed by atoms with E-state index in [4.69, 9.17) is 14.2 Å². The molecule has 26 heavy (non-hydrogen) atoms. The maximum absolute atomic E-state index is 11.9. The first kappa shape index (κ1) is 20.0. The van der Waals surface area contributed by atoms with Crippen LogP contribution in [0.5, 0.6) is 5.75 Å². The summed E-state index contributed by atoms with van der Waals surface area (Å²) < 4.78 is 18.6. The number of hydrogen-bond acceptors (Lipinski definition) is 4. The maximum atomic E-state index is 11.9. The van der Waals surface area contributed by atoms with Gasteiger partial charge in [0.25, 0.3) is 0 Å². The fourth-order valence-corrected chi connectivity index (χ4v) is 2.88. The van der Waals surface area contributed by atoms with Crippen LogP contribution >= 0.6 is 0 Å². The number of aryl methyl sites for hydroxylation is 2. The minimum Gasteiger partial charge on any atom is -0.492 e. The predicted octanol–water partition coefficient (Wildman–Crippen LogP) is 3.69. The highest BCUT2D eigenvalue weighted by Crippen LogP contribution is 2.15. The Kier molecular flexibility index (Phi) is 7.73. The standard InChI is InChI=1S/C21H29NO4/c1-5-24-20(21(23)25-6-2)14-18-7-9-19(10-8-18)26-12-11-22-15-16(3)13-17(22)4/h7-10,13,15,20H,5-6,11-12,14H2,1-4H3. The molecule has 1 atom stereocenters. The number of ether oxygens (including phenoxy) is 3. The lowest BCUT2D eigenvalue weighted by molar-refractivity contribution is -0.156. The molecule has 1 aromatic carbocycles. The quantitative estimate of drug-likeness (QED) is 0.607. The Bertz CT molecular complexity index is 691. The number of aromatic nitrogens is 1. The molecule has 0 amide bonds. The molecular weight excluding hydrogens is 330 g/mol. The molecule has 2 aromatic rings. The van der Waals surface area contributed by atoms with Crippen LogP contribution in [0.15, 0.2) is 36.5 Å². The highest BCUT2D eigenvalue weighted by atomic mass is 16.6. The van der Waals surface area contributed by atoms with Gasteiger partial charge in [0, 0.05) is 24.9 Å². The third-order valence-electron chi connectivity index (χ3n) is 4.11. The summed E-state index contributed by atoms with van der Waals surface area (Å²) in [6, 6.07) is 9.94. The van der Waals surface area contributed by atoms with Crippen LogP contribution in [0.2, 0.25) is 0 Å². The van der Waals surface area contributed by atoms with E-state index in [1.54, 1.807) is 6.92 Å². The van der Waals surface area contributed by atoms with Crippen molar-refractivity contribution in [1.82, 2.24) is 4.57 Å². The van der Waals surface area contributed by atoms with Crippen molar-refractivity contribution in [3.8, 4) is 5.75 Å². The average Bonchev–Trinajstić information content (AvgIpc) is 2.93. The lowest BCUT2D eigenvalue weighted by Crippen LogP contribution is -2.28. The Labute approximate surface area is 155 Å². The lowest BCUT2D eigenvalue weighted by Gasteiger charge is -2.16. The molecule has 0 saturated heterocycles. The predicted molar refractivity (Wildman–Crippen MR) is 102 cm³/mol. The molecule has 0 aliphatic heterocycles. The number of esters is 1. The van der Waals surface area contributed by atoms with Gasteiger partial charge in [-0.2, -0.15) is 0 Å². The second-order valence-corrected chi connectivity index (χ2v) is 6.24. The zero-order valence-corrected chi connectivity index (χ0v) is 16.2. The van der Waals surface area contributed by atoms with E-state index in [2.05, 4.69) is 30.7 Å². The van der Waals surface area contributed by atoms with Crippen molar-refractivity contribution in [2.45, 2.75) is 46.8 Å². The Balaban J connectivity index is 1.86. The van der Waals surface area contributed by atoms with E-state index in [0.29, 0.717) is 26.2 Å². The Morgan fingerprint density at radius 1 is 1.12 bits per heavy atom. The van der Waals surface area contributed by atoms with Gasteiger partial charge in [-0.3, -0.25) is 0 Å². The Hall–Kier alpha value is -2.27. The average molecular weight is 359 g/mol. The SMILES string of the molecule is CCOC(=O)C(Cc1ccc(OCCn2cc(C)cc2C)cc1)OCC. The van der Waals surface area contributed by atoms with Crippen molar-refractivity contribution in [2.75, 3.05) is 19.8 Å². The summed E-state index contributed by atoms with van der Waals surface area (Å²) in [6.45, 7) is 10.1. The highest BCUT2D eigenvalue weighted by Gasteiger charge is 2.20. The molecule has 0 aliphatic carbocycles. The van der Waals surface area contributed by atoms with Crippen molar-refractivity contribution in [3.63, 3.8) is 0 Å². The molecule has 0 N–H and O–H groups in total. The lowest BCUT2D eigenvalue weighted by atomic mass is 10.1. The summed E-state index contributed by atoms with van der Waals surface area (Å²) in [4.78, 5) is 11.9. The molecule has 1 unspecified atom stereocenters. The van der Waals surface area contributed by atoms with Gasteiger partial charge < -0.3 is 18.8 Å². The van der Waals surface area contributed by atoms with Crippen molar-refractivity contribution in [1.29, 1.82) is 0 Å². The molecule has 1 heterocycles. The van der Waals surface area contributed by atoms with Gasteiger partial charge in [-0.25, -0.2) is 4.79 Å².